The zero-order chi connectivity index (χ0) is 13.9. The van der Waals surface area contributed by atoms with Crippen LogP contribution in [0.1, 0.15) is 48.9 Å². The molecule has 1 aromatic heterocycles. The Kier molecular flexibility index (Phi) is 4.83. The van der Waals surface area contributed by atoms with Gasteiger partial charge in [0, 0.05) is 5.38 Å². The highest BCUT2D eigenvalue weighted by Gasteiger charge is 2.36. The summed E-state index contributed by atoms with van der Waals surface area (Å²) >= 11 is 3.69. The summed E-state index contributed by atoms with van der Waals surface area (Å²) in [5.41, 5.74) is 0.0684. The van der Waals surface area contributed by atoms with Crippen molar-refractivity contribution < 1.29 is 14.7 Å². The molecule has 19 heavy (non-hydrogen) atoms. The van der Waals surface area contributed by atoms with Crippen molar-refractivity contribution in [3.8, 4) is 0 Å². The van der Waals surface area contributed by atoms with E-state index in [1.165, 1.54) is 11.3 Å². The summed E-state index contributed by atoms with van der Waals surface area (Å²) in [7, 11) is 0. The predicted octanol–water partition coefficient (Wildman–Crippen LogP) is 3.26. The molecule has 0 bridgehead atoms. The van der Waals surface area contributed by atoms with Crippen LogP contribution >= 0.6 is 33.9 Å². The molecule has 4 nitrogen and oxygen atoms in total. The molecular formula is C13H16INO3S. The monoisotopic (exact) mass is 393 g/mol. The van der Waals surface area contributed by atoms with Gasteiger partial charge in [-0.3, -0.25) is 9.59 Å². The maximum absolute atomic E-state index is 12.2. The number of amides is 1. The summed E-state index contributed by atoms with van der Waals surface area (Å²) in [4.78, 5) is 23.3. The molecule has 1 fully saturated rings. The van der Waals surface area contributed by atoms with E-state index in [1.54, 1.807) is 0 Å². The lowest BCUT2D eigenvalue weighted by molar-refractivity contribution is -0.139. The molecule has 104 valence electrons. The number of rotatable bonds is 4. The fraction of sp³-hybridized carbons (Fsp3) is 0.538. The van der Waals surface area contributed by atoms with Gasteiger partial charge in [0.25, 0.3) is 5.91 Å². The number of aliphatic carboxylic acids is 1. The highest BCUT2D eigenvalue weighted by Crippen LogP contribution is 2.31. The van der Waals surface area contributed by atoms with Gasteiger partial charge in [-0.1, -0.05) is 19.3 Å². The van der Waals surface area contributed by atoms with Crippen LogP contribution in [0.25, 0.3) is 0 Å². The first-order chi connectivity index (χ1) is 9.01. The number of halogens is 1. The average Bonchev–Trinajstić information content (AvgIpc) is 2.76. The summed E-state index contributed by atoms with van der Waals surface area (Å²) in [6.45, 7) is 0. The second-order valence-corrected chi connectivity index (χ2v) is 7.81. The predicted molar refractivity (Wildman–Crippen MR) is 82.6 cm³/mol. The van der Waals surface area contributed by atoms with Gasteiger partial charge in [0.1, 0.15) is 0 Å². The standard InChI is InChI=1S/C13H16INO3S/c14-10-6-9(8-19-10)12(18)15-13(7-11(16)17)4-2-1-3-5-13/h6,8H,1-5,7H2,(H,15,18)(H,16,17). The average molecular weight is 393 g/mol. The van der Waals surface area contributed by atoms with E-state index < -0.39 is 11.5 Å². The summed E-state index contributed by atoms with van der Waals surface area (Å²) in [6, 6.07) is 1.83. The molecule has 0 unspecified atom stereocenters. The van der Waals surface area contributed by atoms with Crippen LogP contribution in [0.3, 0.4) is 0 Å². The Morgan fingerprint density at radius 3 is 2.58 bits per heavy atom. The molecule has 1 saturated carbocycles. The second kappa shape index (κ2) is 6.21. The van der Waals surface area contributed by atoms with Crippen molar-refractivity contribution in [1.29, 1.82) is 0 Å². The van der Waals surface area contributed by atoms with Crippen LogP contribution in [-0.2, 0) is 4.79 Å². The van der Waals surface area contributed by atoms with Gasteiger partial charge in [-0.2, -0.15) is 0 Å². The molecule has 1 aliphatic rings. The molecule has 1 aliphatic carbocycles. The van der Waals surface area contributed by atoms with E-state index in [4.69, 9.17) is 5.11 Å². The lowest BCUT2D eigenvalue weighted by Crippen LogP contribution is -2.51. The molecule has 0 aliphatic heterocycles. The van der Waals surface area contributed by atoms with Gasteiger partial charge in [-0.15, -0.1) is 11.3 Å². The van der Waals surface area contributed by atoms with Gasteiger partial charge in [0.2, 0.25) is 0 Å². The van der Waals surface area contributed by atoms with Gasteiger partial charge in [-0.05, 0) is 41.5 Å². The van der Waals surface area contributed by atoms with Crippen LogP contribution in [0.5, 0.6) is 0 Å². The maximum Gasteiger partial charge on any atom is 0.305 e. The first kappa shape index (κ1) is 14.8. The number of nitrogens with one attached hydrogen (secondary N) is 1. The van der Waals surface area contributed by atoms with Crippen LogP contribution in [0.2, 0.25) is 0 Å². The number of carboxylic acids is 1. The Bertz CT molecular complexity index is 480. The smallest absolute Gasteiger partial charge is 0.305 e. The van der Waals surface area contributed by atoms with Crippen molar-refractivity contribution in [2.24, 2.45) is 0 Å². The van der Waals surface area contributed by atoms with Crippen molar-refractivity contribution >= 4 is 45.8 Å². The third kappa shape index (κ3) is 3.92. The molecule has 2 rings (SSSR count). The minimum atomic E-state index is -0.845. The van der Waals surface area contributed by atoms with Crippen LogP contribution in [0.15, 0.2) is 11.4 Å². The zero-order valence-corrected chi connectivity index (χ0v) is 13.4. The third-order valence-corrected chi connectivity index (χ3v) is 5.30. The molecule has 0 radical (unpaired) electrons. The summed E-state index contributed by atoms with van der Waals surface area (Å²) in [5, 5.41) is 13.9. The van der Waals surface area contributed by atoms with E-state index in [9.17, 15) is 9.59 Å². The SMILES string of the molecule is O=C(O)CC1(NC(=O)c2csc(I)c2)CCCCC1. The van der Waals surface area contributed by atoms with Crippen molar-refractivity contribution in [3.05, 3.63) is 19.9 Å². The second-order valence-electron chi connectivity index (χ2n) is 5.01. The molecule has 1 amide bonds. The molecular weight excluding hydrogens is 377 g/mol. The normalized spacial score (nSPS) is 17.9. The van der Waals surface area contributed by atoms with Crippen molar-refractivity contribution in [2.75, 3.05) is 0 Å². The van der Waals surface area contributed by atoms with Crippen LogP contribution < -0.4 is 5.32 Å². The van der Waals surface area contributed by atoms with E-state index in [0.717, 1.165) is 35.0 Å². The molecule has 0 spiro atoms. The Hall–Kier alpha value is -0.630. The molecule has 0 atom stereocenters. The highest BCUT2D eigenvalue weighted by molar-refractivity contribution is 14.1. The number of hydrogen-bond donors (Lipinski definition) is 2. The van der Waals surface area contributed by atoms with E-state index in [2.05, 4.69) is 27.9 Å². The minimum absolute atomic E-state index is 0.0139. The van der Waals surface area contributed by atoms with Crippen molar-refractivity contribution in [3.63, 3.8) is 0 Å². The van der Waals surface area contributed by atoms with Crippen LogP contribution in [-0.4, -0.2) is 22.5 Å². The first-order valence-electron chi connectivity index (χ1n) is 6.29. The number of carbonyl (C=O) groups is 2. The van der Waals surface area contributed by atoms with Gasteiger partial charge in [0.05, 0.1) is 20.4 Å². The van der Waals surface area contributed by atoms with Crippen molar-refractivity contribution in [1.82, 2.24) is 5.32 Å². The van der Waals surface area contributed by atoms with E-state index in [1.807, 2.05) is 11.4 Å². The largest absolute Gasteiger partial charge is 0.481 e. The fourth-order valence-corrected chi connectivity index (χ4v) is 3.93. The summed E-state index contributed by atoms with van der Waals surface area (Å²) in [6.07, 6.45) is 4.61. The highest BCUT2D eigenvalue weighted by atomic mass is 127. The number of hydrogen-bond acceptors (Lipinski definition) is 3. The van der Waals surface area contributed by atoms with Crippen molar-refractivity contribution in [2.45, 2.75) is 44.1 Å². The fourth-order valence-electron chi connectivity index (χ4n) is 2.61. The molecule has 2 N–H and O–H groups in total. The molecule has 1 aromatic rings. The third-order valence-electron chi connectivity index (χ3n) is 3.51. The number of thiophene rings is 1. The number of carbonyl (C=O) groups excluding carboxylic acids is 1. The topological polar surface area (TPSA) is 66.4 Å². The van der Waals surface area contributed by atoms with Crippen LogP contribution in [0, 0.1) is 2.88 Å². The van der Waals surface area contributed by atoms with Gasteiger partial charge in [-0.25, -0.2) is 0 Å². The Morgan fingerprint density at radius 2 is 2.05 bits per heavy atom. The summed E-state index contributed by atoms with van der Waals surface area (Å²) in [5.74, 6) is -0.996. The van der Waals surface area contributed by atoms with Gasteiger partial charge >= 0.3 is 5.97 Å². The number of carboxylic acid groups (broad SMARTS) is 1. The van der Waals surface area contributed by atoms with E-state index in [0.29, 0.717) is 5.56 Å². The Labute approximate surface area is 129 Å². The lowest BCUT2D eigenvalue weighted by Gasteiger charge is -2.36. The zero-order valence-electron chi connectivity index (χ0n) is 10.4. The summed E-state index contributed by atoms with van der Waals surface area (Å²) < 4.78 is 1.05. The first-order valence-corrected chi connectivity index (χ1v) is 8.25. The molecule has 1 heterocycles. The molecule has 6 heteroatoms. The quantitative estimate of drug-likeness (QED) is 0.772. The van der Waals surface area contributed by atoms with E-state index >= 15 is 0 Å². The van der Waals surface area contributed by atoms with E-state index in [-0.39, 0.29) is 12.3 Å². The Morgan fingerprint density at radius 1 is 1.37 bits per heavy atom. The van der Waals surface area contributed by atoms with Gasteiger partial charge < -0.3 is 10.4 Å². The Balaban J connectivity index is 2.11. The van der Waals surface area contributed by atoms with Gasteiger partial charge in [0.15, 0.2) is 0 Å². The van der Waals surface area contributed by atoms with Crippen LogP contribution in [0.4, 0.5) is 0 Å². The minimum Gasteiger partial charge on any atom is -0.481 e. The molecule has 0 aromatic carbocycles. The molecule has 0 saturated heterocycles. The lowest BCUT2D eigenvalue weighted by atomic mass is 9.79. The maximum atomic E-state index is 12.2.